The highest BCUT2D eigenvalue weighted by Crippen LogP contribution is 2.32. The molecule has 1 aromatic rings. The minimum absolute atomic E-state index is 0.0492. The number of esters is 1. The Labute approximate surface area is 125 Å². The monoisotopic (exact) mass is 315 g/mol. The average Bonchev–Trinajstić information content (AvgIpc) is 2.85. The van der Waals surface area contributed by atoms with Gasteiger partial charge in [0.05, 0.1) is 18.6 Å². The number of methoxy groups -OCH3 is 1. The van der Waals surface area contributed by atoms with Gasteiger partial charge in [-0.25, -0.2) is 0 Å². The molecule has 0 bridgehead atoms. The fourth-order valence-corrected chi connectivity index (χ4v) is 2.58. The molecule has 1 fully saturated rings. The molecule has 1 saturated heterocycles. The standard InChI is InChI=1S/C15H16F3NO3/c1-22-14(21)11-8-13(20)19(9-11)7-6-10-4-2-3-5-12(10)15(16,17)18/h2-5,11H,6-9H2,1H3. The van der Waals surface area contributed by atoms with E-state index in [0.29, 0.717) is 0 Å². The Bertz CT molecular complexity index is 571. The molecule has 1 aliphatic rings. The Kier molecular flexibility index (Phi) is 4.73. The number of benzene rings is 1. The number of halogens is 3. The molecular weight excluding hydrogens is 299 g/mol. The molecule has 1 atom stereocenters. The van der Waals surface area contributed by atoms with E-state index in [0.717, 1.165) is 6.07 Å². The maximum absolute atomic E-state index is 12.9. The van der Waals surface area contributed by atoms with E-state index in [1.807, 2.05) is 0 Å². The molecule has 120 valence electrons. The Morgan fingerprint density at radius 2 is 2.05 bits per heavy atom. The van der Waals surface area contributed by atoms with Crippen LogP contribution < -0.4 is 0 Å². The van der Waals surface area contributed by atoms with E-state index < -0.39 is 23.6 Å². The molecule has 0 N–H and O–H groups in total. The molecule has 1 unspecified atom stereocenters. The second-order valence-electron chi connectivity index (χ2n) is 5.17. The fraction of sp³-hybridized carbons (Fsp3) is 0.467. The summed E-state index contributed by atoms with van der Waals surface area (Å²) in [6.07, 6.45) is -4.27. The maximum Gasteiger partial charge on any atom is 0.416 e. The molecule has 0 saturated carbocycles. The molecule has 2 rings (SSSR count). The van der Waals surface area contributed by atoms with Gasteiger partial charge in [-0.2, -0.15) is 13.2 Å². The SMILES string of the molecule is COC(=O)C1CC(=O)N(CCc2ccccc2C(F)(F)F)C1. The maximum atomic E-state index is 12.9. The fourth-order valence-electron chi connectivity index (χ4n) is 2.58. The molecule has 1 heterocycles. The van der Waals surface area contributed by atoms with Crippen LogP contribution in [0.15, 0.2) is 24.3 Å². The van der Waals surface area contributed by atoms with Crippen LogP contribution in [0, 0.1) is 5.92 Å². The number of likely N-dealkylation sites (tertiary alicyclic amines) is 1. The zero-order chi connectivity index (χ0) is 16.3. The Morgan fingerprint density at radius 3 is 2.68 bits per heavy atom. The molecular formula is C15H16F3NO3. The van der Waals surface area contributed by atoms with Crippen molar-refractivity contribution < 1.29 is 27.5 Å². The first-order valence-corrected chi connectivity index (χ1v) is 6.83. The Balaban J connectivity index is 2.03. The van der Waals surface area contributed by atoms with Crippen LogP contribution in [-0.4, -0.2) is 37.0 Å². The summed E-state index contributed by atoms with van der Waals surface area (Å²) in [5.41, 5.74) is -0.546. The van der Waals surface area contributed by atoms with Crippen LogP contribution >= 0.6 is 0 Å². The van der Waals surface area contributed by atoms with Crippen molar-refractivity contribution in [1.29, 1.82) is 0 Å². The van der Waals surface area contributed by atoms with Crippen LogP contribution in [0.2, 0.25) is 0 Å². The summed E-state index contributed by atoms with van der Waals surface area (Å²) < 4.78 is 43.3. The number of hydrogen-bond acceptors (Lipinski definition) is 3. The second kappa shape index (κ2) is 6.37. The van der Waals surface area contributed by atoms with Gasteiger partial charge in [-0.1, -0.05) is 18.2 Å². The third-order valence-corrected chi connectivity index (χ3v) is 3.72. The number of ether oxygens (including phenoxy) is 1. The van der Waals surface area contributed by atoms with Gasteiger partial charge in [-0.3, -0.25) is 9.59 Å². The summed E-state index contributed by atoms with van der Waals surface area (Å²) in [5, 5.41) is 0. The molecule has 0 aromatic heterocycles. The highest BCUT2D eigenvalue weighted by Gasteiger charge is 2.36. The van der Waals surface area contributed by atoms with Crippen molar-refractivity contribution in [2.24, 2.45) is 5.92 Å². The van der Waals surface area contributed by atoms with Crippen molar-refractivity contribution in [3.8, 4) is 0 Å². The van der Waals surface area contributed by atoms with Crippen LogP contribution in [-0.2, 0) is 26.9 Å². The van der Waals surface area contributed by atoms with Crippen LogP contribution in [0.3, 0.4) is 0 Å². The van der Waals surface area contributed by atoms with Crippen LogP contribution in [0.25, 0.3) is 0 Å². The predicted octanol–water partition coefficient (Wildman–Crippen LogP) is 2.27. The van der Waals surface area contributed by atoms with E-state index in [9.17, 15) is 22.8 Å². The van der Waals surface area contributed by atoms with E-state index >= 15 is 0 Å². The van der Waals surface area contributed by atoms with E-state index in [4.69, 9.17) is 0 Å². The number of carbonyl (C=O) groups is 2. The smallest absolute Gasteiger partial charge is 0.416 e. The molecule has 0 spiro atoms. The number of amides is 1. The van der Waals surface area contributed by atoms with Crippen LogP contribution in [0.1, 0.15) is 17.5 Å². The van der Waals surface area contributed by atoms with Gasteiger partial charge in [0.15, 0.2) is 0 Å². The topological polar surface area (TPSA) is 46.6 Å². The van der Waals surface area contributed by atoms with Crippen molar-refractivity contribution in [3.05, 3.63) is 35.4 Å². The summed E-state index contributed by atoms with van der Waals surface area (Å²) in [5.74, 6) is -1.23. The number of rotatable bonds is 4. The van der Waals surface area contributed by atoms with Gasteiger partial charge in [0.2, 0.25) is 5.91 Å². The van der Waals surface area contributed by atoms with E-state index in [2.05, 4.69) is 4.74 Å². The first-order valence-electron chi connectivity index (χ1n) is 6.83. The summed E-state index contributed by atoms with van der Waals surface area (Å²) in [6.45, 7) is 0.346. The molecule has 1 aromatic carbocycles. The van der Waals surface area contributed by atoms with Crippen LogP contribution in [0.4, 0.5) is 13.2 Å². The Hall–Kier alpha value is -2.05. The predicted molar refractivity (Wildman–Crippen MR) is 71.9 cm³/mol. The highest BCUT2D eigenvalue weighted by atomic mass is 19.4. The van der Waals surface area contributed by atoms with Gasteiger partial charge in [-0.05, 0) is 18.1 Å². The summed E-state index contributed by atoms with van der Waals surface area (Å²) in [7, 11) is 1.25. The molecule has 0 aliphatic carbocycles. The summed E-state index contributed by atoms with van der Waals surface area (Å²) in [4.78, 5) is 24.6. The first-order chi connectivity index (χ1) is 10.3. The van der Waals surface area contributed by atoms with Crippen molar-refractivity contribution in [1.82, 2.24) is 4.90 Å². The Morgan fingerprint density at radius 1 is 1.36 bits per heavy atom. The number of carbonyl (C=O) groups excluding carboxylic acids is 2. The van der Waals surface area contributed by atoms with Gasteiger partial charge in [-0.15, -0.1) is 0 Å². The zero-order valence-corrected chi connectivity index (χ0v) is 12.0. The lowest BCUT2D eigenvalue weighted by atomic mass is 10.0. The molecule has 0 radical (unpaired) electrons. The van der Waals surface area contributed by atoms with Crippen molar-refractivity contribution in [2.45, 2.75) is 19.0 Å². The molecule has 4 nitrogen and oxygen atoms in total. The zero-order valence-electron chi connectivity index (χ0n) is 12.0. The van der Waals surface area contributed by atoms with Gasteiger partial charge in [0.25, 0.3) is 0 Å². The molecule has 7 heteroatoms. The number of hydrogen-bond donors (Lipinski definition) is 0. The van der Waals surface area contributed by atoms with Crippen molar-refractivity contribution in [2.75, 3.05) is 20.2 Å². The third-order valence-electron chi connectivity index (χ3n) is 3.72. The minimum Gasteiger partial charge on any atom is -0.469 e. The van der Waals surface area contributed by atoms with E-state index in [1.165, 1.54) is 30.2 Å². The number of nitrogens with zero attached hydrogens (tertiary/aromatic N) is 1. The average molecular weight is 315 g/mol. The van der Waals surface area contributed by atoms with Gasteiger partial charge >= 0.3 is 12.1 Å². The van der Waals surface area contributed by atoms with Gasteiger partial charge in [0, 0.05) is 19.5 Å². The quantitative estimate of drug-likeness (QED) is 0.801. The largest absolute Gasteiger partial charge is 0.469 e. The number of alkyl halides is 3. The lowest BCUT2D eigenvalue weighted by Crippen LogP contribution is -2.29. The molecule has 1 aliphatic heterocycles. The first kappa shape index (κ1) is 16.3. The minimum atomic E-state index is -4.42. The van der Waals surface area contributed by atoms with Gasteiger partial charge in [0.1, 0.15) is 0 Å². The summed E-state index contributed by atoms with van der Waals surface area (Å²) in [6, 6.07) is 5.30. The van der Waals surface area contributed by atoms with E-state index in [-0.39, 0.29) is 37.4 Å². The third kappa shape index (κ3) is 3.58. The summed E-state index contributed by atoms with van der Waals surface area (Å²) >= 11 is 0. The second-order valence-corrected chi connectivity index (χ2v) is 5.17. The van der Waals surface area contributed by atoms with Crippen molar-refractivity contribution >= 4 is 11.9 Å². The van der Waals surface area contributed by atoms with E-state index in [1.54, 1.807) is 0 Å². The molecule has 1 amide bonds. The lowest BCUT2D eigenvalue weighted by molar-refractivity contribution is -0.145. The molecule has 22 heavy (non-hydrogen) atoms. The van der Waals surface area contributed by atoms with Crippen molar-refractivity contribution in [3.63, 3.8) is 0 Å². The highest BCUT2D eigenvalue weighted by molar-refractivity contribution is 5.86. The normalized spacial score (nSPS) is 18.6. The van der Waals surface area contributed by atoms with Crippen LogP contribution in [0.5, 0.6) is 0 Å². The van der Waals surface area contributed by atoms with Gasteiger partial charge < -0.3 is 9.64 Å². The lowest BCUT2D eigenvalue weighted by Gasteiger charge is -2.18.